The zero-order valence-electron chi connectivity index (χ0n) is 8.93. The molecule has 1 aliphatic rings. The third kappa shape index (κ3) is 2.12. The Hall–Kier alpha value is -1.27. The minimum absolute atomic E-state index is 0.511. The average Bonchev–Trinajstić information content (AvgIpc) is 2.81. The Kier molecular flexibility index (Phi) is 2.45. The maximum absolute atomic E-state index is 5.16. The van der Waals surface area contributed by atoms with Gasteiger partial charge in [0.25, 0.3) is 5.89 Å². The van der Waals surface area contributed by atoms with E-state index in [1.165, 1.54) is 12.8 Å². The molecule has 0 radical (unpaired) electrons. The van der Waals surface area contributed by atoms with E-state index in [0.29, 0.717) is 24.3 Å². The van der Waals surface area contributed by atoms with E-state index in [2.05, 4.69) is 20.4 Å². The smallest absolute Gasteiger partial charge is 0.277 e. The van der Waals surface area contributed by atoms with Crippen molar-refractivity contribution in [2.75, 3.05) is 0 Å². The molecular formula is C10H12N4OS. The molecule has 2 aromatic rings. The maximum Gasteiger partial charge on any atom is 0.277 e. The van der Waals surface area contributed by atoms with Crippen molar-refractivity contribution in [2.45, 2.75) is 32.4 Å². The highest BCUT2D eigenvalue weighted by Gasteiger charge is 2.21. The molecule has 0 aromatic carbocycles. The molecule has 0 amide bonds. The van der Waals surface area contributed by atoms with Crippen molar-refractivity contribution in [3.63, 3.8) is 0 Å². The second-order valence-electron chi connectivity index (χ2n) is 3.92. The minimum Gasteiger partial charge on any atom is -0.332 e. The van der Waals surface area contributed by atoms with E-state index in [1.807, 2.05) is 12.3 Å². The monoisotopic (exact) mass is 236 g/mol. The molecule has 6 heteroatoms. The molecule has 1 saturated carbocycles. The number of nitrogens with one attached hydrogen (secondary N) is 1. The summed E-state index contributed by atoms with van der Waals surface area (Å²) >= 11 is 1.58. The fourth-order valence-corrected chi connectivity index (χ4v) is 2.00. The van der Waals surface area contributed by atoms with Crippen molar-refractivity contribution in [1.82, 2.24) is 20.4 Å². The number of aromatic nitrogens is 3. The SMILES string of the molecule is Cc1nc(-c2nc(CNC3CC3)no2)cs1. The first-order valence-electron chi connectivity index (χ1n) is 5.30. The number of rotatable bonds is 4. The van der Waals surface area contributed by atoms with Gasteiger partial charge in [0.1, 0.15) is 5.69 Å². The molecule has 0 unspecified atom stereocenters. The molecule has 1 fully saturated rings. The van der Waals surface area contributed by atoms with Crippen molar-refractivity contribution in [3.8, 4) is 11.6 Å². The highest BCUT2D eigenvalue weighted by molar-refractivity contribution is 7.09. The van der Waals surface area contributed by atoms with Crippen LogP contribution in [0.2, 0.25) is 0 Å². The van der Waals surface area contributed by atoms with E-state index in [1.54, 1.807) is 11.3 Å². The number of hydrogen-bond donors (Lipinski definition) is 1. The van der Waals surface area contributed by atoms with Crippen molar-refractivity contribution in [2.24, 2.45) is 0 Å². The van der Waals surface area contributed by atoms with Crippen LogP contribution in [-0.4, -0.2) is 21.2 Å². The molecule has 0 saturated heterocycles. The van der Waals surface area contributed by atoms with Crippen LogP contribution < -0.4 is 5.32 Å². The van der Waals surface area contributed by atoms with Crippen molar-refractivity contribution < 1.29 is 4.52 Å². The average molecular weight is 236 g/mol. The van der Waals surface area contributed by atoms with Crippen molar-refractivity contribution >= 4 is 11.3 Å². The molecule has 16 heavy (non-hydrogen) atoms. The van der Waals surface area contributed by atoms with Crippen LogP contribution in [0.15, 0.2) is 9.90 Å². The van der Waals surface area contributed by atoms with Gasteiger partial charge in [0, 0.05) is 11.4 Å². The Morgan fingerprint density at radius 1 is 1.50 bits per heavy atom. The summed E-state index contributed by atoms with van der Waals surface area (Å²) in [6, 6.07) is 0.656. The number of hydrogen-bond acceptors (Lipinski definition) is 6. The van der Waals surface area contributed by atoms with Gasteiger partial charge >= 0.3 is 0 Å². The summed E-state index contributed by atoms with van der Waals surface area (Å²) in [7, 11) is 0. The third-order valence-electron chi connectivity index (χ3n) is 2.43. The van der Waals surface area contributed by atoms with Crippen molar-refractivity contribution in [1.29, 1.82) is 0 Å². The summed E-state index contributed by atoms with van der Waals surface area (Å²) < 4.78 is 5.16. The fraction of sp³-hybridized carbons (Fsp3) is 0.500. The summed E-state index contributed by atoms with van der Waals surface area (Å²) in [5.41, 5.74) is 0.771. The first-order valence-corrected chi connectivity index (χ1v) is 6.18. The number of thiazole rings is 1. The van der Waals surface area contributed by atoms with Crippen LogP contribution in [0.3, 0.4) is 0 Å². The molecule has 2 aromatic heterocycles. The quantitative estimate of drug-likeness (QED) is 0.876. The lowest BCUT2D eigenvalue weighted by Crippen LogP contribution is -2.16. The van der Waals surface area contributed by atoms with Gasteiger partial charge in [-0.05, 0) is 19.8 Å². The molecule has 84 valence electrons. The molecule has 2 heterocycles. The van der Waals surface area contributed by atoms with Gasteiger partial charge in [-0.15, -0.1) is 11.3 Å². The standard InChI is InChI=1S/C10H12N4OS/c1-6-12-8(5-16-6)10-13-9(14-15-10)4-11-7-2-3-7/h5,7,11H,2-4H2,1H3. The van der Waals surface area contributed by atoms with E-state index in [9.17, 15) is 0 Å². The van der Waals surface area contributed by atoms with Crippen LogP contribution in [0.4, 0.5) is 0 Å². The van der Waals surface area contributed by atoms with Gasteiger partial charge in [0.2, 0.25) is 0 Å². The van der Waals surface area contributed by atoms with Gasteiger partial charge in [-0.2, -0.15) is 4.98 Å². The molecule has 0 bridgehead atoms. The van der Waals surface area contributed by atoms with Crippen LogP contribution in [-0.2, 0) is 6.54 Å². The van der Waals surface area contributed by atoms with Gasteiger partial charge in [0.15, 0.2) is 5.82 Å². The Balaban J connectivity index is 1.71. The second-order valence-corrected chi connectivity index (χ2v) is 4.98. The summed E-state index contributed by atoms with van der Waals surface area (Å²) in [6.45, 7) is 2.64. The summed E-state index contributed by atoms with van der Waals surface area (Å²) in [5, 5.41) is 10.2. The summed E-state index contributed by atoms with van der Waals surface area (Å²) in [6.07, 6.45) is 2.52. The van der Waals surface area contributed by atoms with Gasteiger partial charge in [-0.25, -0.2) is 4.98 Å². The topological polar surface area (TPSA) is 63.8 Å². The zero-order chi connectivity index (χ0) is 11.0. The largest absolute Gasteiger partial charge is 0.332 e. The molecular weight excluding hydrogens is 224 g/mol. The van der Waals surface area contributed by atoms with Crippen LogP contribution in [0.25, 0.3) is 11.6 Å². The fourth-order valence-electron chi connectivity index (χ4n) is 1.41. The van der Waals surface area contributed by atoms with Crippen LogP contribution >= 0.6 is 11.3 Å². The van der Waals surface area contributed by atoms with Gasteiger partial charge in [-0.1, -0.05) is 5.16 Å². The molecule has 0 spiro atoms. The van der Waals surface area contributed by atoms with E-state index in [4.69, 9.17) is 4.52 Å². The van der Waals surface area contributed by atoms with E-state index < -0.39 is 0 Å². The minimum atomic E-state index is 0.511. The Morgan fingerprint density at radius 2 is 2.38 bits per heavy atom. The first-order chi connectivity index (χ1) is 7.81. The Labute approximate surface area is 96.9 Å². The van der Waals surface area contributed by atoms with E-state index in [-0.39, 0.29) is 0 Å². The number of nitrogens with zero attached hydrogens (tertiary/aromatic N) is 3. The normalized spacial score (nSPS) is 15.6. The Bertz CT molecular complexity index is 488. The molecule has 0 aliphatic heterocycles. The summed E-state index contributed by atoms with van der Waals surface area (Å²) in [5.74, 6) is 1.21. The van der Waals surface area contributed by atoms with Gasteiger partial charge < -0.3 is 9.84 Å². The second kappa shape index (κ2) is 3.95. The highest BCUT2D eigenvalue weighted by atomic mass is 32.1. The zero-order valence-corrected chi connectivity index (χ0v) is 9.75. The van der Waals surface area contributed by atoms with Gasteiger partial charge in [0.05, 0.1) is 11.6 Å². The van der Waals surface area contributed by atoms with Crippen LogP contribution in [0.5, 0.6) is 0 Å². The molecule has 5 nitrogen and oxygen atoms in total. The first kappa shape index (κ1) is 9.92. The molecule has 1 aliphatic carbocycles. The lowest BCUT2D eigenvalue weighted by molar-refractivity contribution is 0.418. The molecule has 0 atom stereocenters. The van der Waals surface area contributed by atoms with E-state index in [0.717, 1.165) is 10.7 Å². The predicted molar refractivity (Wildman–Crippen MR) is 60.0 cm³/mol. The van der Waals surface area contributed by atoms with Gasteiger partial charge in [-0.3, -0.25) is 0 Å². The maximum atomic E-state index is 5.16. The third-order valence-corrected chi connectivity index (χ3v) is 3.21. The Morgan fingerprint density at radius 3 is 3.06 bits per heavy atom. The number of aryl methyl sites for hydroxylation is 1. The predicted octanol–water partition coefficient (Wildman–Crippen LogP) is 1.75. The van der Waals surface area contributed by atoms with E-state index >= 15 is 0 Å². The van der Waals surface area contributed by atoms with Crippen LogP contribution in [0.1, 0.15) is 23.7 Å². The molecule has 1 N–H and O–H groups in total. The van der Waals surface area contributed by atoms with Crippen LogP contribution in [0, 0.1) is 6.92 Å². The molecule has 3 rings (SSSR count). The lowest BCUT2D eigenvalue weighted by Gasteiger charge is -1.94. The summed E-state index contributed by atoms with van der Waals surface area (Å²) in [4.78, 5) is 8.60. The lowest BCUT2D eigenvalue weighted by atomic mass is 10.5. The highest BCUT2D eigenvalue weighted by Crippen LogP contribution is 2.21. The van der Waals surface area contributed by atoms with Crippen molar-refractivity contribution in [3.05, 3.63) is 16.2 Å².